The maximum Gasteiger partial charge on any atom is 0.169 e. The number of rotatable bonds is 5. The van der Waals surface area contributed by atoms with Gasteiger partial charge in [-0.05, 0) is 43.6 Å². The van der Waals surface area contributed by atoms with Crippen LogP contribution >= 0.6 is 15.9 Å². The Labute approximate surface area is 110 Å². The summed E-state index contributed by atoms with van der Waals surface area (Å²) in [5.41, 5.74) is 1.04. The molecule has 1 aromatic rings. The highest BCUT2D eigenvalue weighted by atomic mass is 79.9. The summed E-state index contributed by atoms with van der Waals surface area (Å²) in [7, 11) is 1.84. The summed E-state index contributed by atoms with van der Waals surface area (Å²) in [5, 5.41) is 4.27. The van der Waals surface area contributed by atoms with Crippen molar-refractivity contribution in [2.45, 2.75) is 39.7 Å². The van der Waals surface area contributed by atoms with E-state index in [1.807, 2.05) is 20.9 Å². The van der Waals surface area contributed by atoms with Gasteiger partial charge in [0.05, 0.1) is 22.3 Å². The average molecular weight is 303 g/mol. The fraction of sp³-hybridized carbons (Fsp3) is 0.667. The van der Waals surface area contributed by atoms with Crippen LogP contribution in [0.2, 0.25) is 0 Å². The monoisotopic (exact) mass is 302 g/mol. The molecule has 0 aliphatic heterocycles. The molecule has 1 aromatic heterocycles. The van der Waals surface area contributed by atoms with Gasteiger partial charge in [-0.2, -0.15) is 5.10 Å². The third-order valence-electron chi connectivity index (χ3n) is 2.77. The molecule has 96 valence electrons. The maximum absolute atomic E-state index is 12.2. The van der Waals surface area contributed by atoms with Gasteiger partial charge in [0.1, 0.15) is 5.60 Å². The van der Waals surface area contributed by atoms with E-state index in [1.165, 1.54) is 0 Å². The van der Waals surface area contributed by atoms with Gasteiger partial charge in [0.25, 0.3) is 0 Å². The van der Waals surface area contributed by atoms with Gasteiger partial charge in [-0.3, -0.25) is 9.48 Å². The van der Waals surface area contributed by atoms with Gasteiger partial charge >= 0.3 is 0 Å². The molecule has 5 heteroatoms. The van der Waals surface area contributed by atoms with Gasteiger partial charge in [0.15, 0.2) is 5.78 Å². The molecule has 0 aliphatic carbocycles. The molecule has 0 saturated carbocycles. The van der Waals surface area contributed by atoms with Gasteiger partial charge in [-0.15, -0.1) is 0 Å². The lowest BCUT2D eigenvalue weighted by atomic mass is 9.99. The van der Waals surface area contributed by atoms with Crippen LogP contribution in [0.15, 0.2) is 4.47 Å². The Morgan fingerprint density at radius 2 is 2.12 bits per heavy atom. The molecule has 0 amide bonds. The molecule has 17 heavy (non-hydrogen) atoms. The number of carbonyl (C=O) groups is 1. The van der Waals surface area contributed by atoms with E-state index in [4.69, 9.17) is 4.74 Å². The summed E-state index contributed by atoms with van der Waals surface area (Å²) in [4.78, 5) is 12.2. The second-order valence-corrected chi connectivity index (χ2v) is 5.31. The number of hydrogen-bond donors (Lipinski definition) is 0. The van der Waals surface area contributed by atoms with Gasteiger partial charge in [-0.25, -0.2) is 0 Å². The highest BCUT2D eigenvalue weighted by Crippen LogP contribution is 2.23. The van der Waals surface area contributed by atoms with E-state index in [2.05, 4.69) is 21.0 Å². The molecule has 0 bridgehead atoms. The van der Waals surface area contributed by atoms with Crippen molar-refractivity contribution in [3.63, 3.8) is 0 Å². The van der Waals surface area contributed by atoms with Crippen molar-refractivity contribution in [3.05, 3.63) is 15.9 Å². The first-order chi connectivity index (χ1) is 7.79. The maximum atomic E-state index is 12.2. The molecule has 0 aromatic carbocycles. The van der Waals surface area contributed by atoms with Crippen molar-refractivity contribution in [1.29, 1.82) is 0 Å². The van der Waals surface area contributed by atoms with E-state index < -0.39 is 5.60 Å². The van der Waals surface area contributed by atoms with Crippen LogP contribution in [0.5, 0.6) is 0 Å². The van der Waals surface area contributed by atoms with E-state index in [0.29, 0.717) is 13.0 Å². The highest BCUT2D eigenvalue weighted by Gasteiger charge is 2.29. The van der Waals surface area contributed by atoms with Crippen molar-refractivity contribution in [2.75, 3.05) is 6.61 Å². The zero-order chi connectivity index (χ0) is 13.2. The molecule has 1 heterocycles. The number of halogens is 1. The average Bonchev–Trinajstić information content (AvgIpc) is 2.45. The van der Waals surface area contributed by atoms with Crippen LogP contribution in [-0.4, -0.2) is 27.8 Å². The third kappa shape index (κ3) is 3.16. The van der Waals surface area contributed by atoms with Crippen molar-refractivity contribution >= 4 is 21.7 Å². The van der Waals surface area contributed by atoms with Crippen LogP contribution in [-0.2, 0) is 23.0 Å². The second-order valence-electron chi connectivity index (χ2n) is 4.51. The Bertz CT molecular complexity index is 424. The number of ether oxygens (including phenoxy) is 1. The Hall–Kier alpha value is -0.680. The van der Waals surface area contributed by atoms with Crippen LogP contribution < -0.4 is 0 Å². The fourth-order valence-electron chi connectivity index (χ4n) is 1.68. The Morgan fingerprint density at radius 3 is 2.53 bits per heavy atom. The van der Waals surface area contributed by atoms with Crippen LogP contribution in [0.3, 0.4) is 0 Å². The summed E-state index contributed by atoms with van der Waals surface area (Å²) in [6.07, 6.45) is 0.324. The van der Waals surface area contributed by atoms with E-state index >= 15 is 0 Å². The predicted molar refractivity (Wildman–Crippen MR) is 70.1 cm³/mol. The van der Waals surface area contributed by atoms with E-state index in [1.54, 1.807) is 18.5 Å². The molecule has 0 saturated heterocycles. The molecule has 0 radical (unpaired) electrons. The first-order valence-electron chi connectivity index (χ1n) is 5.64. The lowest BCUT2D eigenvalue weighted by Crippen LogP contribution is -2.36. The minimum Gasteiger partial charge on any atom is -0.368 e. The van der Waals surface area contributed by atoms with Crippen molar-refractivity contribution in [2.24, 2.45) is 7.05 Å². The first-order valence-corrected chi connectivity index (χ1v) is 6.44. The molecular formula is C12H19BrN2O2. The molecule has 0 unspecified atom stereocenters. The van der Waals surface area contributed by atoms with Gasteiger partial charge in [0, 0.05) is 13.7 Å². The summed E-state index contributed by atoms with van der Waals surface area (Å²) >= 11 is 3.46. The van der Waals surface area contributed by atoms with Crippen molar-refractivity contribution < 1.29 is 9.53 Å². The minimum absolute atomic E-state index is 0.0584. The van der Waals surface area contributed by atoms with Gasteiger partial charge < -0.3 is 4.74 Å². The fourth-order valence-corrected chi connectivity index (χ4v) is 2.15. The zero-order valence-electron chi connectivity index (χ0n) is 11.0. The quantitative estimate of drug-likeness (QED) is 0.839. The Balaban J connectivity index is 2.88. The number of carbonyl (C=O) groups excluding carboxylic acids is 1. The zero-order valence-corrected chi connectivity index (χ0v) is 12.6. The predicted octanol–water partition coefficient (Wildman–Crippen LogP) is 2.42. The number of nitrogens with zero attached hydrogens (tertiary/aromatic N) is 2. The van der Waals surface area contributed by atoms with E-state index in [-0.39, 0.29) is 5.78 Å². The number of aromatic nitrogens is 2. The molecule has 4 nitrogen and oxygen atoms in total. The van der Waals surface area contributed by atoms with Gasteiger partial charge in [0.2, 0.25) is 0 Å². The normalized spacial score (nSPS) is 11.9. The van der Waals surface area contributed by atoms with Gasteiger partial charge in [-0.1, -0.05) is 0 Å². The third-order valence-corrected chi connectivity index (χ3v) is 3.80. The van der Waals surface area contributed by atoms with Crippen LogP contribution in [0.4, 0.5) is 0 Å². The SMILES string of the molecule is CCOC(C)(C)C(=O)Cc1c(Br)c(C)nn1C. The molecule has 0 N–H and O–H groups in total. The number of hydrogen-bond acceptors (Lipinski definition) is 3. The van der Waals surface area contributed by atoms with Crippen LogP contribution in [0.1, 0.15) is 32.2 Å². The van der Waals surface area contributed by atoms with Crippen molar-refractivity contribution in [1.82, 2.24) is 9.78 Å². The second kappa shape index (κ2) is 5.31. The topological polar surface area (TPSA) is 44.1 Å². The minimum atomic E-state index is -0.744. The molecule has 1 rings (SSSR count). The number of aryl methyl sites for hydroxylation is 2. The summed E-state index contributed by atoms with van der Waals surface area (Å²) in [6.45, 7) is 7.93. The molecule has 0 spiro atoms. The smallest absolute Gasteiger partial charge is 0.169 e. The highest BCUT2D eigenvalue weighted by molar-refractivity contribution is 9.10. The number of ketones is 1. The van der Waals surface area contributed by atoms with E-state index in [0.717, 1.165) is 15.9 Å². The summed E-state index contributed by atoms with van der Waals surface area (Å²) in [6, 6.07) is 0. The molecule has 0 atom stereocenters. The summed E-state index contributed by atoms with van der Waals surface area (Å²) < 4.78 is 8.09. The largest absolute Gasteiger partial charge is 0.368 e. The van der Waals surface area contributed by atoms with Crippen LogP contribution in [0.25, 0.3) is 0 Å². The Kier molecular flexibility index (Phi) is 4.49. The lowest BCUT2D eigenvalue weighted by molar-refractivity contribution is -0.139. The summed E-state index contributed by atoms with van der Waals surface area (Å²) in [5.74, 6) is 0.0584. The number of Topliss-reactive ketones (excluding diaryl/α,β-unsaturated/α-hetero) is 1. The lowest BCUT2D eigenvalue weighted by Gasteiger charge is -2.23. The molecular weight excluding hydrogens is 284 g/mol. The molecule has 0 aliphatic rings. The standard InChI is InChI=1S/C12H19BrN2O2/c1-6-17-12(3,4)10(16)7-9-11(13)8(2)14-15(9)5/h6-7H2,1-5H3. The van der Waals surface area contributed by atoms with Crippen molar-refractivity contribution in [3.8, 4) is 0 Å². The van der Waals surface area contributed by atoms with E-state index in [9.17, 15) is 4.79 Å². The molecule has 0 fully saturated rings. The Morgan fingerprint density at radius 1 is 1.53 bits per heavy atom. The first kappa shape index (κ1) is 14.4. The van der Waals surface area contributed by atoms with Crippen LogP contribution in [0, 0.1) is 6.92 Å².